The number of amides is 2. The number of aromatic nitrogens is 3. The van der Waals surface area contributed by atoms with Gasteiger partial charge >= 0.3 is 16.4 Å². The van der Waals surface area contributed by atoms with E-state index in [-0.39, 0.29) is 44.8 Å². The molecule has 25 nitrogen and oxygen atoms in total. The Morgan fingerprint density at radius 2 is 1.31 bits per heavy atom. The van der Waals surface area contributed by atoms with Crippen LogP contribution in [0.3, 0.4) is 0 Å². The maximum Gasteiger partial charge on any atom is 0.397 e. The van der Waals surface area contributed by atoms with Crippen molar-refractivity contribution in [2.45, 2.75) is 19.6 Å². The van der Waals surface area contributed by atoms with Crippen LogP contribution in [0.15, 0.2) is 96.5 Å². The van der Waals surface area contributed by atoms with Gasteiger partial charge in [0.1, 0.15) is 21.2 Å². The molecule has 5 aromatic rings. The minimum absolute atomic E-state index is 0.109. The molecule has 0 bridgehead atoms. The number of halogens is 1. The van der Waals surface area contributed by atoms with E-state index in [1.54, 1.807) is 0 Å². The predicted octanol–water partition coefficient (Wildman–Crippen LogP) is 3.40. The van der Waals surface area contributed by atoms with Crippen LogP contribution in [-0.4, -0.2) is 93.6 Å². The van der Waals surface area contributed by atoms with Crippen LogP contribution in [0, 0.1) is 0 Å². The van der Waals surface area contributed by atoms with Gasteiger partial charge in [-0.15, -0.1) is 10.2 Å². The number of carbonyl (C=O) groups excluding carboxylic acids is 1. The highest BCUT2D eigenvalue weighted by atomic mass is 35.5. The molecule has 0 aliphatic carbocycles. The first-order valence-electron chi connectivity index (χ1n) is 15.2. The summed E-state index contributed by atoms with van der Waals surface area (Å²) >= 11 is 6.08. The van der Waals surface area contributed by atoms with Gasteiger partial charge < -0.3 is 21.7 Å². The van der Waals surface area contributed by atoms with Crippen molar-refractivity contribution in [1.82, 2.24) is 15.0 Å². The molecule has 1 heterocycles. The Bertz CT molecular complexity index is 3140. The molecule has 2 amide bonds. The lowest BCUT2D eigenvalue weighted by Crippen LogP contribution is -2.19. The molecular weight excluding hydrogens is 914 g/mol. The standard InChI is InChI=1S/C28H24ClN9O16S5/c29-25-34-27(31-15-2-1-3-17(10-15)55(40,41)7-6-54-59(51,52)53)36-28(35-25)32-16-4-5-20(21(11-16)33-26(30)39)37-38-22-13-19-14(9-24(22)58(48,49)50)8-18(56(42,43)44)12-23(19)57(45,46)47/h1-5,8-13H,6-7H2,(H3,30,33,39)(H,42,43,44)(H,45,46,47)(H,48,49,50)(H,51,52,53)(H2,31,32,34,35,36)/b38-37+. The lowest BCUT2D eigenvalue weighted by molar-refractivity contribution is 0.259. The molecule has 4 aromatic carbocycles. The smallest absolute Gasteiger partial charge is 0.351 e. The number of urea groups is 1. The molecule has 31 heteroatoms. The third-order valence-corrected chi connectivity index (χ3v) is 12.2. The Morgan fingerprint density at radius 3 is 1.88 bits per heavy atom. The van der Waals surface area contributed by atoms with Gasteiger partial charge in [-0.05, 0) is 77.7 Å². The fourth-order valence-corrected chi connectivity index (χ4v) is 8.54. The van der Waals surface area contributed by atoms with Crippen molar-refractivity contribution in [1.29, 1.82) is 0 Å². The maximum atomic E-state index is 12.7. The summed E-state index contributed by atoms with van der Waals surface area (Å²) in [6.07, 6.45) is 0. The van der Waals surface area contributed by atoms with E-state index < -0.39 is 100 Å². The van der Waals surface area contributed by atoms with Crippen LogP contribution in [0.1, 0.15) is 0 Å². The Morgan fingerprint density at radius 1 is 0.695 bits per heavy atom. The third kappa shape index (κ3) is 11.8. The van der Waals surface area contributed by atoms with Crippen molar-refractivity contribution in [3.63, 3.8) is 0 Å². The summed E-state index contributed by atoms with van der Waals surface area (Å²) in [5.74, 6) is -1.24. The molecule has 0 aliphatic heterocycles. The number of sulfone groups is 1. The van der Waals surface area contributed by atoms with Crippen molar-refractivity contribution in [3.8, 4) is 0 Å². The fourth-order valence-electron chi connectivity index (χ4n) is 4.86. The van der Waals surface area contributed by atoms with Crippen molar-refractivity contribution in [2.75, 3.05) is 28.3 Å². The van der Waals surface area contributed by atoms with Crippen LogP contribution >= 0.6 is 11.6 Å². The van der Waals surface area contributed by atoms with E-state index in [2.05, 4.69) is 45.3 Å². The molecule has 0 saturated carbocycles. The van der Waals surface area contributed by atoms with Crippen LogP contribution in [-0.2, 0) is 54.8 Å². The van der Waals surface area contributed by atoms with Crippen LogP contribution in [0.4, 0.5) is 45.1 Å². The van der Waals surface area contributed by atoms with Crippen LogP contribution in [0.2, 0.25) is 5.28 Å². The molecule has 0 atom stereocenters. The summed E-state index contributed by atoms with van der Waals surface area (Å²) in [5, 5.41) is 14.0. The van der Waals surface area contributed by atoms with Gasteiger partial charge in [0.05, 0.1) is 27.8 Å². The number of anilines is 5. The zero-order valence-corrected chi connectivity index (χ0v) is 33.5. The molecule has 0 saturated heterocycles. The summed E-state index contributed by atoms with van der Waals surface area (Å²) in [6, 6.07) is 10.1. The monoisotopic (exact) mass is 937 g/mol. The van der Waals surface area contributed by atoms with Gasteiger partial charge in [-0.25, -0.2) is 17.4 Å². The number of rotatable bonds is 15. The molecule has 59 heavy (non-hydrogen) atoms. The number of carbonyl (C=O) groups is 1. The van der Waals surface area contributed by atoms with Gasteiger partial charge in [-0.2, -0.15) is 48.6 Å². The van der Waals surface area contributed by atoms with E-state index in [0.717, 1.165) is 12.1 Å². The second-order valence-corrected chi connectivity index (χ2v) is 19.1. The number of benzene rings is 4. The van der Waals surface area contributed by atoms with Crippen molar-refractivity contribution < 1.29 is 69.3 Å². The molecule has 0 aliphatic rings. The van der Waals surface area contributed by atoms with E-state index in [1.165, 1.54) is 36.4 Å². The SMILES string of the molecule is NC(=O)Nc1cc(Nc2nc(Cl)nc(Nc3cccc(S(=O)(=O)CCOS(=O)(=O)O)c3)n2)ccc1/N=N/c1cc2c(S(=O)(=O)O)cc(S(=O)(=O)O)cc2cc1S(=O)(=O)O. The highest BCUT2D eigenvalue weighted by Gasteiger charge is 2.25. The van der Waals surface area contributed by atoms with Crippen LogP contribution in [0.25, 0.3) is 10.8 Å². The first-order valence-corrected chi connectivity index (χ1v) is 23.0. The molecular formula is C28H24ClN9O16S5. The number of primary amides is 1. The first-order chi connectivity index (χ1) is 27.2. The molecule has 9 N–H and O–H groups in total. The maximum absolute atomic E-state index is 12.7. The number of azo groups is 1. The van der Waals surface area contributed by atoms with Gasteiger partial charge in [-0.1, -0.05) is 6.07 Å². The van der Waals surface area contributed by atoms with Crippen molar-refractivity contribution in [2.24, 2.45) is 16.0 Å². The zero-order valence-electron chi connectivity index (χ0n) is 28.7. The third-order valence-electron chi connectivity index (χ3n) is 7.24. The second-order valence-electron chi connectivity index (χ2n) is 11.4. The molecule has 0 spiro atoms. The molecule has 0 radical (unpaired) electrons. The lowest BCUT2D eigenvalue weighted by atomic mass is 10.1. The lowest BCUT2D eigenvalue weighted by Gasteiger charge is -2.12. The Kier molecular flexibility index (Phi) is 12.5. The van der Waals surface area contributed by atoms with Gasteiger partial charge in [0.15, 0.2) is 9.84 Å². The molecule has 314 valence electrons. The number of hydrogen-bond donors (Lipinski definition) is 8. The number of fused-ring (bicyclic) bond motifs is 1. The number of nitrogens with two attached hydrogens (primary N) is 1. The van der Waals surface area contributed by atoms with Gasteiger partial charge in [0.25, 0.3) is 30.4 Å². The van der Waals surface area contributed by atoms with Crippen LogP contribution in [0.5, 0.6) is 0 Å². The molecule has 1 aromatic heterocycles. The summed E-state index contributed by atoms with van der Waals surface area (Å²) in [5.41, 5.74) is 4.36. The highest BCUT2D eigenvalue weighted by Crippen LogP contribution is 2.37. The quantitative estimate of drug-likeness (QED) is 0.0550. The first kappa shape index (κ1) is 44.6. The Labute approximate surface area is 337 Å². The summed E-state index contributed by atoms with van der Waals surface area (Å²) in [4.78, 5) is 20.5. The number of nitrogens with zero attached hydrogens (tertiary/aromatic N) is 5. The Balaban J connectivity index is 1.47. The van der Waals surface area contributed by atoms with E-state index in [4.69, 9.17) is 21.9 Å². The van der Waals surface area contributed by atoms with E-state index in [0.29, 0.717) is 18.2 Å². The fraction of sp³-hybridized carbons (Fsp3) is 0.0714. The number of hydrogen-bond acceptors (Lipinski definition) is 19. The number of nitrogens with one attached hydrogen (secondary N) is 3. The summed E-state index contributed by atoms with van der Waals surface area (Å²) in [6.45, 7) is -0.859. The van der Waals surface area contributed by atoms with Gasteiger partial charge in [-0.3, -0.25) is 18.2 Å². The Hall–Kier alpha value is -5.54. The minimum atomic E-state index is -5.23. The minimum Gasteiger partial charge on any atom is -0.351 e. The summed E-state index contributed by atoms with van der Waals surface area (Å²) < 4.78 is 161. The summed E-state index contributed by atoms with van der Waals surface area (Å²) in [7, 11) is -24.5. The molecule has 0 fully saturated rings. The normalized spacial score (nSPS) is 12.8. The largest absolute Gasteiger partial charge is 0.397 e. The average molecular weight is 938 g/mol. The second kappa shape index (κ2) is 16.6. The van der Waals surface area contributed by atoms with E-state index in [9.17, 15) is 60.5 Å². The molecule has 5 rings (SSSR count). The topological polar surface area (TPSA) is 403 Å². The van der Waals surface area contributed by atoms with Crippen molar-refractivity contribution in [3.05, 3.63) is 72.0 Å². The van der Waals surface area contributed by atoms with E-state index >= 15 is 0 Å². The van der Waals surface area contributed by atoms with Crippen LogP contribution < -0.4 is 21.7 Å². The predicted molar refractivity (Wildman–Crippen MR) is 205 cm³/mol. The highest BCUT2D eigenvalue weighted by molar-refractivity contribution is 7.91. The van der Waals surface area contributed by atoms with Gasteiger partial charge in [0, 0.05) is 16.8 Å². The van der Waals surface area contributed by atoms with Crippen molar-refractivity contribution >= 4 is 119 Å². The molecule has 0 unspecified atom stereocenters. The zero-order chi connectivity index (χ0) is 43.7. The average Bonchev–Trinajstić information content (AvgIpc) is 3.08. The van der Waals surface area contributed by atoms with Gasteiger partial charge in [0.2, 0.25) is 17.2 Å². The van der Waals surface area contributed by atoms with E-state index in [1.807, 2.05) is 0 Å².